The molecule has 0 heterocycles. The quantitative estimate of drug-likeness (QED) is 0.796. The maximum atomic E-state index is 6.78. The molecule has 0 saturated heterocycles. The molecule has 0 amide bonds. The molecule has 0 bridgehead atoms. The van der Waals surface area contributed by atoms with Crippen LogP contribution in [-0.4, -0.2) is 13.2 Å². The molecule has 0 spiro atoms. The number of ether oxygens (including phenoxy) is 1. The minimum atomic E-state index is 0.302. The maximum absolute atomic E-state index is 6.78. The standard InChI is InChI=1S/C11H11ClN2O/c1-14-10-2-4-11(5-3-10)15-8-9(12)6-7-13/h2-6H,7-8,13H2/b9-6-. The molecule has 1 aromatic rings. The highest BCUT2D eigenvalue weighted by Gasteiger charge is 1.96. The monoisotopic (exact) mass is 222 g/mol. The average molecular weight is 223 g/mol. The molecule has 4 heteroatoms. The highest BCUT2D eigenvalue weighted by atomic mass is 35.5. The third-order valence-corrected chi connectivity index (χ3v) is 1.95. The molecule has 0 radical (unpaired) electrons. The Hall–Kier alpha value is -1.50. The van der Waals surface area contributed by atoms with Gasteiger partial charge < -0.3 is 10.5 Å². The van der Waals surface area contributed by atoms with E-state index in [1.165, 1.54) is 0 Å². The molecule has 0 aliphatic heterocycles. The fourth-order valence-electron chi connectivity index (χ4n) is 0.956. The molecule has 0 aliphatic carbocycles. The van der Waals surface area contributed by atoms with Gasteiger partial charge in [-0.2, -0.15) is 0 Å². The SMILES string of the molecule is [C-]#[N+]c1ccc(OC/C(Cl)=C/CN)cc1. The third kappa shape index (κ3) is 4.03. The van der Waals surface area contributed by atoms with Gasteiger partial charge in [0, 0.05) is 6.54 Å². The Bertz CT molecular complexity index is 379. The van der Waals surface area contributed by atoms with Crippen LogP contribution in [0.3, 0.4) is 0 Å². The first kappa shape index (κ1) is 11.6. The molecular formula is C11H11ClN2O. The van der Waals surface area contributed by atoms with Crippen LogP contribution in [0.5, 0.6) is 5.75 Å². The lowest BCUT2D eigenvalue weighted by atomic mass is 10.3. The van der Waals surface area contributed by atoms with E-state index in [1.807, 2.05) is 0 Å². The van der Waals surface area contributed by atoms with Crippen LogP contribution in [-0.2, 0) is 0 Å². The number of rotatable bonds is 4. The van der Waals surface area contributed by atoms with Gasteiger partial charge >= 0.3 is 0 Å². The van der Waals surface area contributed by atoms with Crippen LogP contribution in [0.25, 0.3) is 4.85 Å². The second-order valence-corrected chi connectivity index (χ2v) is 3.27. The van der Waals surface area contributed by atoms with Gasteiger partial charge in [0.25, 0.3) is 0 Å². The summed E-state index contributed by atoms with van der Waals surface area (Å²) in [5.74, 6) is 0.686. The zero-order valence-corrected chi connectivity index (χ0v) is 8.87. The summed E-state index contributed by atoms with van der Waals surface area (Å²) >= 11 is 5.80. The van der Waals surface area contributed by atoms with E-state index in [4.69, 9.17) is 28.6 Å². The Kier molecular flexibility index (Phi) is 4.69. The summed E-state index contributed by atoms with van der Waals surface area (Å²) < 4.78 is 5.36. The van der Waals surface area contributed by atoms with Crippen LogP contribution < -0.4 is 10.5 Å². The van der Waals surface area contributed by atoms with Crippen LogP contribution in [0.4, 0.5) is 5.69 Å². The zero-order valence-electron chi connectivity index (χ0n) is 8.11. The van der Waals surface area contributed by atoms with Crippen LogP contribution in [0, 0.1) is 6.57 Å². The van der Waals surface area contributed by atoms with Crippen molar-refractivity contribution in [3.63, 3.8) is 0 Å². The van der Waals surface area contributed by atoms with Crippen molar-refractivity contribution in [3.8, 4) is 5.75 Å². The van der Waals surface area contributed by atoms with Gasteiger partial charge in [-0.15, -0.1) is 0 Å². The summed E-state index contributed by atoms with van der Waals surface area (Å²) in [5.41, 5.74) is 5.88. The van der Waals surface area contributed by atoms with Crippen molar-refractivity contribution in [3.05, 3.63) is 46.8 Å². The van der Waals surface area contributed by atoms with Crippen LogP contribution in [0.15, 0.2) is 35.4 Å². The van der Waals surface area contributed by atoms with Gasteiger partial charge in [0.2, 0.25) is 0 Å². The number of hydrogen-bond donors (Lipinski definition) is 1. The molecule has 15 heavy (non-hydrogen) atoms. The maximum Gasteiger partial charge on any atom is 0.187 e. The van der Waals surface area contributed by atoms with E-state index in [9.17, 15) is 0 Å². The highest BCUT2D eigenvalue weighted by Crippen LogP contribution is 2.18. The smallest absolute Gasteiger partial charge is 0.187 e. The lowest BCUT2D eigenvalue weighted by Gasteiger charge is -2.04. The van der Waals surface area contributed by atoms with E-state index in [0.29, 0.717) is 29.6 Å². The molecular weight excluding hydrogens is 212 g/mol. The average Bonchev–Trinajstić information content (AvgIpc) is 2.27. The molecule has 1 rings (SSSR count). The summed E-state index contributed by atoms with van der Waals surface area (Å²) in [6.07, 6.45) is 1.69. The molecule has 0 fully saturated rings. The van der Waals surface area contributed by atoms with Crippen molar-refractivity contribution in [2.75, 3.05) is 13.2 Å². The number of nitrogens with two attached hydrogens (primary N) is 1. The Balaban J connectivity index is 2.52. The molecule has 78 valence electrons. The predicted octanol–water partition coefficient (Wildman–Crippen LogP) is 2.70. The highest BCUT2D eigenvalue weighted by molar-refractivity contribution is 6.29. The normalized spacial score (nSPS) is 10.9. The molecule has 0 saturated carbocycles. The fraction of sp³-hybridized carbons (Fsp3) is 0.182. The van der Waals surface area contributed by atoms with Crippen molar-refractivity contribution in [2.24, 2.45) is 5.73 Å². The molecule has 2 N–H and O–H groups in total. The summed E-state index contributed by atoms with van der Waals surface area (Å²) in [6.45, 7) is 7.48. The lowest BCUT2D eigenvalue weighted by Crippen LogP contribution is -2.00. The first-order valence-corrected chi connectivity index (χ1v) is 4.79. The summed E-state index contributed by atoms with van der Waals surface area (Å²) in [5, 5.41) is 0.576. The number of halogens is 1. The summed E-state index contributed by atoms with van der Waals surface area (Å²) in [4.78, 5) is 3.28. The van der Waals surface area contributed by atoms with Gasteiger partial charge in [-0.1, -0.05) is 29.8 Å². The Morgan fingerprint density at radius 3 is 2.67 bits per heavy atom. The number of nitrogens with zero attached hydrogens (tertiary/aromatic N) is 1. The largest absolute Gasteiger partial charge is 0.488 e. The second kappa shape index (κ2) is 6.07. The zero-order chi connectivity index (χ0) is 11.1. The first-order valence-electron chi connectivity index (χ1n) is 4.41. The minimum Gasteiger partial charge on any atom is -0.488 e. The molecule has 0 aliphatic rings. The van der Waals surface area contributed by atoms with E-state index < -0.39 is 0 Å². The van der Waals surface area contributed by atoms with Gasteiger partial charge in [0.15, 0.2) is 5.69 Å². The van der Waals surface area contributed by atoms with E-state index >= 15 is 0 Å². The van der Waals surface area contributed by atoms with Crippen molar-refractivity contribution in [2.45, 2.75) is 0 Å². The minimum absolute atomic E-state index is 0.302. The molecule has 0 unspecified atom stereocenters. The second-order valence-electron chi connectivity index (χ2n) is 2.78. The summed E-state index contributed by atoms with van der Waals surface area (Å²) in [7, 11) is 0. The summed E-state index contributed by atoms with van der Waals surface area (Å²) in [6, 6.07) is 6.87. The molecule has 0 aromatic heterocycles. The van der Waals surface area contributed by atoms with Crippen molar-refractivity contribution in [1.82, 2.24) is 0 Å². The lowest BCUT2D eigenvalue weighted by molar-refractivity contribution is 0.359. The van der Waals surface area contributed by atoms with Crippen LogP contribution >= 0.6 is 11.6 Å². The Labute approximate surface area is 93.9 Å². The van der Waals surface area contributed by atoms with Crippen LogP contribution in [0.1, 0.15) is 0 Å². The van der Waals surface area contributed by atoms with Gasteiger partial charge in [-0.3, -0.25) is 0 Å². The van der Waals surface area contributed by atoms with Crippen molar-refractivity contribution < 1.29 is 4.74 Å². The van der Waals surface area contributed by atoms with E-state index in [2.05, 4.69) is 4.85 Å². The van der Waals surface area contributed by atoms with Crippen LogP contribution in [0.2, 0.25) is 0 Å². The molecule has 1 aromatic carbocycles. The molecule has 3 nitrogen and oxygen atoms in total. The topological polar surface area (TPSA) is 39.6 Å². The third-order valence-electron chi connectivity index (χ3n) is 1.68. The predicted molar refractivity (Wildman–Crippen MR) is 61.2 cm³/mol. The van der Waals surface area contributed by atoms with Crippen molar-refractivity contribution >= 4 is 17.3 Å². The van der Waals surface area contributed by atoms with E-state index in [0.717, 1.165) is 0 Å². The van der Waals surface area contributed by atoms with E-state index in [1.54, 1.807) is 30.3 Å². The van der Waals surface area contributed by atoms with Gasteiger partial charge in [0.1, 0.15) is 12.4 Å². The molecule has 0 atom stereocenters. The first-order chi connectivity index (χ1) is 7.26. The van der Waals surface area contributed by atoms with Gasteiger partial charge in [-0.05, 0) is 12.1 Å². The Morgan fingerprint density at radius 1 is 1.47 bits per heavy atom. The number of benzene rings is 1. The van der Waals surface area contributed by atoms with Crippen molar-refractivity contribution in [1.29, 1.82) is 0 Å². The van der Waals surface area contributed by atoms with E-state index in [-0.39, 0.29) is 0 Å². The Morgan fingerprint density at radius 2 is 2.13 bits per heavy atom. The fourth-order valence-corrected chi connectivity index (χ4v) is 1.10. The van der Waals surface area contributed by atoms with Gasteiger partial charge in [-0.25, -0.2) is 4.85 Å². The number of hydrogen-bond acceptors (Lipinski definition) is 2. The van der Waals surface area contributed by atoms with Gasteiger partial charge in [0.05, 0.1) is 11.6 Å².